The van der Waals surface area contributed by atoms with Gasteiger partial charge in [0.15, 0.2) is 21.2 Å². The molecule has 160 valence electrons. The molecule has 0 aliphatic carbocycles. The van der Waals surface area contributed by atoms with E-state index >= 15 is 0 Å². The van der Waals surface area contributed by atoms with E-state index in [0.29, 0.717) is 17.8 Å². The molecule has 1 N–H and O–H groups in total. The normalized spacial score (nSPS) is 14.4. The Labute approximate surface area is 187 Å². The SMILES string of the molecule is CCCSc1nc(N2CCCCC2)c2cnn(CCNC(=O)c3ccc(Br)o3)c2n1. The molecule has 0 aromatic carbocycles. The zero-order chi connectivity index (χ0) is 20.9. The Morgan fingerprint density at radius 3 is 2.83 bits per heavy atom. The second kappa shape index (κ2) is 9.82. The average molecular weight is 493 g/mol. The lowest BCUT2D eigenvalue weighted by Gasteiger charge is -2.28. The van der Waals surface area contributed by atoms with Crippen LogP contribution in [0.2, 0.25) is 0 Å². The number of carbonyl (C=O) groups excluding carboxylic acids is 1. The lowest BCUT2D eigenvalue weighted by Crippen LogP contribution is -2.30. The second-order valence-corrected chi connectivity index (χ2v) is 9.03. The van der Waals surface area contributed by atoms with E-state index in [1.807, 2.05) is 10.9 Å². The molecule has 1 aliphatic rings. The molecule has 0 spiro atoms. The molecule has 0 atom stereocenters. The van der Waals surface area contributed by atoms with E-state index in [2.05, 4.69) is 38.2 Å². The van der Waals surface area contributed by atoms with Gasteiger partial charge in [0, 0.05) is 25.4 Å². The number of amides is 1. The molecular formula is C20H25BrN6O2S. The number of nitrogens with one attached hydrogen (secondary N) is 1. The van der Waals surface area contributed by atoms with E-state index in [1.54, 1.807) is 23.9 Å². The number of carbonyl (C=O) groups is 1. The molecule has 0 bridgehead atoms. The van der Waals surface area contributed by atoms with Crippen molar-refractivity contribution in [1.29, 1.82) is 0 Å². The first-order valence-electron chi connectivity index (χ1n) is 10.3. The third kappa shape index (κ3) is 4.80. The van der Waals surface area contributed by atoms with Gasteiger partial charge in [0.05, 0.1) is 18.1 Å². The third-order valence-corrected chi connectivity index (χ3v) is 6.43. The quantitative estimate of drug-likeness (QED) is 0.373. The molecule has 4 rings (SSSR count). The Hall–Kier alpha value is -2.07. The minimum Gasteiger partial charge on any atom is -0.444 e. The number of fused-ring (bicyclic) bond motifs is 1. The van der Waals surface area contributed by atoms with Crippen LogP contribution in [0.3, 0.4) is 0 Å². The van der Waals surface area contributed by atoms with Crippen molar-refractivity contribution >= 4 is 50.5 Å². The minimum atomic E-state index is -0.250. The maximum absolute atomic E-state index is 12.2. The monoisotopic (exact) mass is 492 g/mol. The number of aromatic nitrogens is 4. The Morgan fingerprint density at radius 2 is 2.10 bits per heavy atom. The molecule has 0 saturated carbocycles. The van der Waals surface area contributed by atoms with Crippen LogP contribution < -0.4 is 10.2 Å². The van der Waals surface area contributed by atoms with Crippen LogP contribution in [0.25, 0.3) is 11.0 Å². The number of furan rings is 1. The van der Waals surface area contributed by atoms with Crippen molar-refractivity contribution in [3.63, 3.8) is 0 Å². The molecule has 3 aromatic heterocycles. The first-order chi connectivity index (χ1) is 14.7. The zero-order valence-corrected chi connectivity index (χ0v) is 19.3. The topological polar surface area (TPSA) is 89.1 Å². The summed E-state index contributed by atoms with van der Waals surface area (Å²) < 4.78 is 7.67. The molecule has 8 nitrogen and oxygen atoms in total. The van der Waals surface area contributed by atoms with Crippen molar-refractivity contribution in [2.24, 2.45) is 0 Å². The predicted molar refractivity (Wildman–Crippen MR) is 121 cm³/mol. The van der Waals surface area contributed by atoms with Crippen LogP contribution in [0, 0.1) is 0 Å². The second-order valence-electron chi connectivity index (χ2n) is 7.19. The number of piperidine rings is 1. The molecule has 3 aromatic rings. The van der Waals surface area contributed by atoms with Crippen molar-refractivity contribution < 1.29 is 9.21 Å². The Morgan fingerprint density at radius 1 is 1.27 bits per heavy atom. The van der Waals surface area contributed by atoms with Crippen LogP contribution in [0.15, 0.2) is 32.6 Å². The number of anilines is 1. The summed E-state index contributed by atoms with van der Waals surface area (Å²) in [6.07, 6.45) is 6.56. The Bertz CT molecular complexity index is 1010. The van der Waals surface area contributed by atoms with Crippen molar-refractivity contribution in [2.75, 3.05) is 30.3 Å². The van der Waals surface area contributed by atoms with E-state index in [-0.39, 0.29) is 11.7 Å². The largest absolute Gasteiger partial charge is 0.444 e. The van der Waals surface area contributed by atoms with Gasteiger partial charge in [-0.1, -0.05) is 18.7 Å². The summed E-state index contributed by atoms with van der Waals surface area (Å²) in [7, 11) is 0. The summed E-state index contributed by atoms with van der Waals surface area (Å²) in [5, 5.41) is 9.17. The van der Waals surface area contributed by atoms with Gasteiger partial charge in [-0.05, 0) is 53.7 Å². The predicted octanol–water partition coefficient (Wildman–Crippen LogP) is 4.10. The number of rotatable bonds is 8. The maximum atomic E-state index is 12.2. The van der Waals surface area contributed by atoms with Crippen LogP contribution in [0.1, 0.15) is 43.2 Å². The maximum Gasteiger partial charge on any atom is 0.287 e. The first-order valence-corrected chi connectivity index (χ1v) is 12.1. The first kappa shape index (κ1) is 21.2. The number of hydrogen-bond acceptors (Lipinski definition) is 7. The van der Waals surface area contributed by atoms with Crippen LogP contribution in [0.4, 0.5) is 5.82 Å². The summed E-state index contributed by atoms with van der Waals surface area (Å²) in [5.41, 5.74) is 0.819. The molecule has 30 heavy (non-hydrogen) atoms. The zero-order valence-electron chi connectivity index (χ0n) is 16.9. The fourth-order valence-corrected chi connectivity index (χ4v) is 4.48. The molecule has 0 unspecified atom stereocenters. The Balaban J connectivity index is 1.53. The number of hydrogen-bond donors (Lipinski definition) is 1. The summed E-state index contributed by atoms with van der Waals surface area (Å²) in [6, 6.07) is 3.34. The van der Waals surface area contributed by atoms with Crippen molar-refractivity contribution in [3.05, 3.63) is 28.8 Å². The van der Waals surface area contributed by atoms with Gasteiger partial charge < -0.3 is 14.6 Å². The number of nitrogens with zero attached hydrogens (tertiary/aromatic N) is 5. The van der Waals surface area contributed by atoms with Crippen molar-refractivity contribution in [2.45, 2.75) is 44.3 Å². The van der Waals surface area contributed by atoms with Crippen molar-refractivity contribution in [1.82, 2.24) is 25.1 Å². The smallest absolute Gasteiger partial charge is 0.287 e. The molecular weight excluding hydrogens is 468 g/mol. The van der Waals surface area contributed by atoms with Gasteiger partial charge in [0.25, 0.3) is 5.91 Å². The van der Waals surface area contributed by atoms with Crippen LogP contribution in [-0.4, -0.2) is 51.0 Å². The van der Waals surface area contributed by atoms with Gasteiger partial charge in [0.1, 0.15) is 5.82 Å². The summed E-state index contributed by atoms with van der Waals surface area (Å²) >= 11 is 4.89. The van der Waals surface area contributed by atoms with Crippen LogP contribution in [0.5, 0.6) is 0 Å². The van der Waals surface area contributed by atoms with Gasteiger partial charge in [-0.25, -0.2) is 14.6 Å². The molecule has 4 heterocycles. The van der Waals surface area contributed by atoms with Crippen LogP contribution >= 0.6 is 27.7 Å². The highest BCUT2D eigenvalue weighted by molar-refractivity contribution is 9.10. The van der Waals surface area contributed by atoms with Gasteiger partial charge >= 0.3 is 0 Å². The standard InChI is InChI=1S/C20H25BrN6O2S/c1-2-12-30-20-24-17(26-9-4-3-5-10-26)14-13-23-27(18(14)25-20)11-8-22-19(28)15-6-7-16(21)29-15/h6-7,13H,2-5,8-12H2,1H3,(H,22,28). The molecule has 1 saturated heterocycles. The van der Waals surface area contributed by atoms with E-state index in [0.717, 1.165) is 47.3 Å². The molecule has 0 radical (unpaired) electrons. The highest BCUT2D eigenvalue weighted by Crippen LogP contribution is 2.29. The van der Waals surface area contributed by atoms with Gasteiger partial charge in [-0.2, -0.15) is 5.10 Å². The van der Waals surface area contributed by atoms with Gasteiger partial charge in [-0.15, -0.1) is 0 Å². The fraction of sp³-hybridized carbons (Fsp3) is 0.500. The Kier molecular flexibility index (Phi) is 6.93. The lowest BCUT2D eigenvalue weighted by molar-refractivity contribution is 0.0923. The fourth-order valence-electron chi connectivity index (χ4n) is 3.49. The molecule has 1 fully saturated rings. The van der Waals surface area contributed by atoms with E-state index in [1.165, 1.54) is 19.3 Å². The third-order valence-electron chi connectivity index (χ3n) is 4.95. The van der Waals surface area contributed by atoms with Gasteiger partial charge in [0.2, 0.25) is 0 Å². The minimum absolute atomic E-state index is 0.250. The van der Waals surface area contributed by atoms with E-state index in [4.69, 9.17) is 14.4 Å². The summed E-state index contributed by atoms with van der Waals surface area (Å²) in [6.45, 7) is 5.13. The van der Waals surface area contributed by atoms with Gasteiger partial charge in [-0.3, -0.25) is 4.79 Å². The lowest BCUT2D eigenvalue weighted by atomic mass is 10.1. The number of halogens is 1. The van der Waals surface area contributed by atoms with E-state index < -0.39 is 0 Å². The van der Waals surface area contributed by atoms with Crippen molar-refractivity contribution in [3.8, 4) is 0 Å². The summed E-state index contributed by atoms with van der Waals surface area (Å²) in [5.74, 6) is 1.99. The highest BCUT2D eigenvalue weighted by atomic mass is 79.9. The van der Waals surface area contributed by atoms with E-state index in [9.17, 15) is 4.79 Å². The average Bonchev–Trinajstić information content (AvgIpc) is 3.38. The van der Waals surface area contributed by atoms with Crippen LogP contribution in [-0.2, 0) is 6.54 Å². The summed E-state index contributed by atoms with van der Waals surface area (Å²) in [4.78, 5) is 24.2. The molecule has 1 aliphatic heterocycles. The molecule has 1 amide bonds. The number of thioether (sulfide) groups is 1. The molecule has 10 heteroatoms. The highest BCUT2D eigenvalue weighted by Gasteiger charge is 2.20.